The molecule has 1 atom stereocenters. The molecule has 0 spiro atoms. The quantitative estimate of drug-likeness (QED) is 0.814. The van der Waals surface area contributed by atoms with E-state index in [9.17, 15) is 4.79 Å². The average Bonchev–Trinajstić information content (AvgIpc) is 2.90. The van der Waals surface area contributed by atoms with E-state index in [1.54, 1.807) is 7.11 Å². The third-order valence-corrected chi connectivity index (χ3v) is 3.08. The average molecular weight is 234 g/mol. The lowest BCUT2D eigenvalue weighted by Gasteiger charge is -2.12. The smallest absolute Gasteiger partial charge is 0.224 e. The van der Waals surface area contributed by atoms with Crippen molar-refractivity contribution in [3.63, 3.8) is 0 Å². The second-order valence-corrected chi connectivity index (χ2v) is 4.22. The van der Waals surface area contributed by atoms with Gasteiger partial charge in [0.1, 0.15) is 5.75 Å². The van der Waals surface area contributed by atoms with E-state index in [0.717, 1.165) is 30.8 Å². The van der Waals surface area contributed by atoms with E-state index >= 15 is 0 Å². The molecule has 1 aromatic carbocycles. The fourth-order valence-electron chi connectivity index (χ4n) is 2.05. The zero-order valence-electron chi connectivity index (χ0n) is 10.0. The number of carbonyl (C=O) groups excluding carboxylic acids is 1. The van der Waals surface area contributed by atoms with Gasteiger partial charge in [-0.25, -0.2) is 0 Å². The Morgan fingerprint density at radius 2 is 2.35 bits per heavy atom. The van der Waals surface area contributed by atoms with Gasteiger partial charge in [0.15, 0.2) is 0 Å². The molecular weight excluding hydrogens is 216 g/mol. The summed E-state index contributed by atoms with van der Waals surface area (Å²) in [4.78, 5) is 11.8. The van der Waals surface area contributed by atoms with Gasteiger partial charge in [0.2, 0.25) is 5.91 Å². The van der Waals surface area contributed by atoms with Crippen molar-refractivity contribution in [2.75, 3.05) is 20.2 Å². The standard InChI is InChI=1S/C13H18N2O2/c1-17-12-5-3-2-4-10(12)9-15-13(16)11-6-7-14-8-11/h2-5,11,14H,6-9H2,1H3,(H,15,16). The first kappa shape index (κ1) is 11.9. The van der Waals surface area contributed by atoms with Crippen LogP contribution in [0.3, 0.4) is 0 Å². The Balaban J connectivity index is 1.90. The molecule has 0 aliphatic carbocycles. The summed E-state index contributed by atoms with van der Waals surface area (Å²) in [5.74, 6) is 1.06. The third kappa shape index (κ3) is 2.97. The van der Waals surface area contributed by atoms with Crippen LogP contribution < -0.4 is 15.4 Å². The summed E-state index contributed by atoms with van der Waals surface area (Å²) in [5.41, 5.74) is 1.01. The van der Waals surface area contributed by atoms with E-state index in [1.807, 2.05) is 24.3 Å². The number of benzene rings is 1. The van der Waals surface area contributed by atoms with Gasteiger partial charge in [0.25, 0.3) is 0 Å². The first-order valence-corrected chi connectivity index (χ1v) is 5.91. The van der Waals surface area contributed by atoms with Crippen LogP contribution in [-0.4, -0.2) is 26.1 Å². The Morgan fingerprint density at radius 1 is 1.53 bits per heavy atom. The molecule has 1 aromatic rings. The Morgan fingerprint density at radius 3 is 3.06 bits per heavy atom. The van der Waals surface area contributed by atoms with Gasteiger partial charge in [-0.1, -0.05) is 18.2 Å². The molecule has 0 aromatic heterocycles. The van der Waals surface area contributed by atoms with Crippen molar-refractivity contribution in [2.45, 2.75) is 13.0 Å². The number of para-hydroxylation sites is 1. The minimum absolute atomic E-state index is 0.115. The molecule has 2 rings (SSSR count). The highest BCUT2D eigenvalue weighted by atomic mass is 16.5. The number of rotatable bonds is 4. The Bertz CT molecular complexity index is 387. The van der Waals surface area contributed by atoms with Crippen LogP contribution in [0.25, 0.3) is 0 Å². The van der Waals surface area contributed by atoms with Crippen LogP contribution in [0.5, 0.6) is 5.75 Å². The number of carbonyl (C=O) groups is 1. The van der Waals surface area contributed by atoms with Crippen LogP contribution >= 0.6 is 0 Å². The molecular formula is C13H18N2O2. The van der Waals surface area contributed by atoms with Crippen molar-refractivity contribution < 1.29 is 9.53 Å². The highest BCUT2D eigenvalue weighted by Crippen LogP contribution is 2.17. The Labute approximate surface area is 101 Å². The normalized spacial score (nSPS) is 19.0. The van der Waals surface area contributed by atoms with Crippen molar-refractivity contribution in [1.29, 1.82) is 0 Å². The minimum Gasteiger partial charge on any atom is -0.496 e. The summed E-state index contributed by atoms with van der Waals surface area (Å²) in [5, 5.41) is 6.15. The van der Waals surface area contributed by atoms with Gasteiger partial charge >= 0.3 is 0 Å². The van der Waals surface area contributed by atoms with Crippen molar-refractivity contribution in [3.8, 4) is 5.75 Å². The van der Waals surface area contributed by atoms with Gasteiger partial charge in [-0.2, -0.15) is 0 Å². The molecule has 1 saturated heterocycles. The van der Waals surface area contributed by atoms with Crippen LogP contribution in [0.1, 0.15) is 12.0 Å². The van der Waals surface area contributed by atoms with Crippen molar-refractivity contribution >= 4 is 5.91 Å². The second kappa shape index (κ2) is 5.68. The molecule has 1 aliphatic heterocycles. The summed E-state index contributed by atoms with van der Waals surface area (Å²) < 4.78 is 5.24. The van der Waals surface area contributed by atoms with Gasteiger partial charge in [-0.15, -0.1) is 0 Å². The molecule has 2 N–H and O–H groups in total. The molecule has 0 radical (unpaired) electrons. The number of ether oxygens (including phenoxy) is 1. The van der Waals surface area contributed by atoms with Crippen molar-refractivity contribution in [3.05, 3.63) is 29.8 Å². The SMILES string of the molecule is COc1ccccc1CNC(=O)C1CCNC1. The van der Waals surface area contributed by atoms with Crippen LogP contribution in [0.2, 0.25) is 0 Å². The van der Waals surface area contributed by atoms with Gasteiger partial charge in [-0.3, -0.25) is 4.79 Å². The fraction of sp³-hybridized carbons (Fsp3) is 0.462. The predicted octanol–water partition coefficient (Wildman–Crippen LogP) is 0.921. The highest BCUT2D eigenvalue weighted by molar-refractivity contribution is 5.79. The van der Waals surface area contributed by atoms with E-state index in [-0.39, 0.29) is 11.8 Å². The van der Waals surface area contributed by atoms with E-state index in [4.69, 9.17) is 4.74 Å². The molecule has 0 bridgehead atoms. The summed E-state index contributed by atoms with van der Waals surface area (Å²) in [6, 6.07) is 7.73. The highest BCUT2D eigenvalue weighted by Gasteiger charge is 2.21. The van der Waals surface area contributed by atoms with Gasteiger partial charge in [0.05, 0.1) is 13.0 Å². The van der Waals surface area contributed by atoms with Crippen LogP contribution in [0.15, 0.2) is 24.3 Å². The lowest BCUT2D eigenvalue weighted by Crippen LogP contribution is -2.31. The molecule has 1 heterocycles. The molecule has 4 nitrogen and oxygen atoms in total. The number of hydrogen-bond donors (Lipinski definition) is 2. The maximum atomic E-state index is 11.8. The van der Waals surface area contributed by atoms with Gasteiger partial charge in [0, 0.05) is 18.7 Å². The zero-order chi connectivity index (χ0) is 12.1. The van der Waals surface area contributed by atoms with Crippen molar-refractivity contribution in [1.82, 2.24) is 10.6 Å². The van der Waals surface area contributed by atoms with Gasteiger partial charge < -0.3 is 15.4 Å². The summed E-state index contributed by atoms with van der Waals surface area (Å²) in [7, 11) is 1.64. The van der Waals surface area contributed by atoms with E-state index in [1.165, 1.54) is 0 Å². The first-order valence-electron chi connectivity index (χ1n) is 5.91. The number of methoxy groups -OCH3 is 1. The second-order valence-electron chi connectivity index (χ2n) is 4.22. The molecule has 1 amide bonds. The molecule has 92 valence electrons. The number of hydrogen-bond acceptors (Lipinski definition) is 3. The lowest BCUT2D eigenvalue weighted by molar-refractivity contribution is -0.124. The van der Waals surface area contributed by atoms with Crippen molar-refractivity contribution in [2.24, 2.45) is 5.92 Å². The van der Waals surface area contributed by atoms with Crippen LogP contribution in [-0.2, 0) is 11.3 Å². The molecule has 1 fully saturated rings. The molecule has 4 heteroatoms. The molecule has 1 aliphatic rings. The number of amides is 1. The molecule has 1 unspecified atom stereocenters. The van der Waals surface area contributed by atoms with Crippen LogP contribution in [0.4, 0.5) is 0 Å². The van der Waals surface area contributed by atoms with Gasteiger partial charge in [-0.05, 0) is 19.0 Å². The summed E-state index contributed by atoms with van der Waals surface area (Å²) in [6.07, 6.45) is 0.928. The van der Waals surface area contributed by atoms with E-state index in [2.05, 4.69) is 10.6 Å². The van der Waals surface area contributed by atoms with E-state index in [0.29, 0.717) is 6.54 Å². The van der Waals surface area contributed by atoms with Crippen LogP contribution in [0, 0.1) is 5.92 Å². The number of nitrogens with one attached hydrogen (secondary N) is 2. The van der Waals surface area contributed by atoms with E-state index < -0.39 is 0 Å². The molecule has 17 heavy (non-hydrogen) atoms. The monoisotopic (exact) mass is 234 g/mol. The first-order chi connectivity index (χ1) is 8.31. The fourth-order valence-corrected chi connectivity index (χ4v) is 2.05. The minimum atomic E-state index is 0.115. The Kier molecular flexibility index (Phi) is 3.98. The maximum absolute atomic E-state index is 11.8. The predicted molar refractivity (Wildman–Crippen MR) is 65.8 cm³/mol. The summed E-state index contributed by atoms with van der Waals surface area (Å²) in [6.45, 7) is 2.25. The zero-order valence-corrected chi connectivity index (χ0v) is 10.0. The third-order valence-electron chi connectivity index (χ3n) is 3.08. The lowest BCUT2D eigenvalue weighted by atomic mass is 10.1. The Hall–Kier alpha value is -1.55. The summed E-state index contributed by atoms with van der Waals surface area (Å²) >= 11 is 0. The largest absolute Gasteiger partial charge is 0.496 e. The molecule has 0 saturated carbocycles. The maximum Gasteiger partial charge on any atom is 0.224 e. The topological polar surface area (TPSA) is 50.4 Å².